The fourth-order valence-corrected chi connectivity index (χ4v) is 1.60. The molecule has 1 saturated heterocycles. The highest BCUT2D eigenvalue weighted by Crippen LogP contribution is 2.15. The van der Waals surface area contributed by atoms with Crippen molar-refractivity contribution >= 4 is 0 Å². The first-order valence-electron chi connectivity index (χ1n) is 4.41. The highest BCUT2D eigenvalue weighted by atomic mass is 16.1. The Morgan fingerprint density at radius 2 is 2.23 bits per heavy atom. The van der Waals surface area contributed by atoms with Gasteiger partial charge >= 0.3 is 0 Å². The Morgan fingerprint density at radius 3 is 2.77 bits per heavy atom. The first-order chi connectivity index (χ1) is 6.16. The van der Waals surface area contributed by atoms with Gasteiger partial charge in [-0.1, -0.05) is 0 Å². The predicted molar refractivity (Wildman–Crippen MR) is 49.8 cm³/mol. The molecule has 70 valence electrons. The Bertz CT molecular complexity index is 365. The maximum absolute atomic E-state index is 11.5. The molecular weight excluding hydrogens is 166 g/mol. The molecule has 0 saturated carbocycles. The van der Waals surface area contributed by atoms with Gasteiger partial charge in [-0.2, -0.15) is 5.10 Å². The van der Waals surface area contributed by atoms with Gasteiger partial charge in [0.05, 0.1) is 12.2 Å². The third kappa shape index (κ3) is 1.49. The van der Waals surface area contributed by atoms with Gasteiger partial charge < -0.3 is 4.90 Å². The lowest BCUT2D eigenvalue weighted by Gasteiger charge is -2.36. The van der Waals surface area contributed by atoms with Gasteiger partial charge in [0, 0.05) is 19.2 Å². The molecule has 0 atom stereocenters. The molecule has 1 aliphatic rings. The Balaban J connectivity index is 2.27. The van der Waals surface area contributed by atoms with E-state index >= 15 is 0 Å². The molecule has 0 unspecified atom stereocenters. The summed E-state index contributed by atoms with van der Waals surface area (Å²) in [5.74, 6) is 0. The van der Waals surface area contributed by atoms with Crippen molar-refractivity contribution in [2.75, 3.05) is 20.1 Å². The van der Waals surface area contributed by atoms with Gasteiger partial charge in [0.2, 0.25) is 0 Å². The average Bonchev–Trinajstić information content (AvgIpc) is 2.00. The van der Waals surface area contributed by atoms with Crippen LogP contribution in [0.2, 0.25) is 0 Å². The van der Waals surface area contributed by atoms with Gasteiger partial charge in [0.1, 0.15) is 0 Å². The van der Waals surface area contributed by atoms with Crippen LogP contribution in [0, 0.1) is 6.92 Å². The summed E-state index contributed by atoms with van der Waals surface area (Å²) in [5, 5.41) is 4.11. The largest absolute Gasteiger partial charge is 0.302 e. The van der Waals surface area contributed by atoms with Gasteiger partial charge in [-0.3, -0.25) is 4.79 Å². The van der Waals surface area contributed by atoms with Crippen molar-refractivity contribution in [1.29, 1.82) is 0 Å². The van der Waals surface area contributed by atoms with Crippen molar-refractivity contribution in [3.05, 3.63) is 28.2 Å². The van der Waals surface area contributed by atoms with E-state index in [9.17, 15) is 4.79 Å². The van der Waals surface area contributed by atoms with Crippen LogP contribution in [-0.2, 0) is 0 Å². The molecule has 2 rings (SSSR count). The molecular formula is C9H13N3O. The molecule has 1 aromatic heterocycles. The van der Waals surface area contributed by atoms with Crippen LogP contribution < -0.4 is 5.56 Å². The van der Waals surface area contributed by atoms with Crippen LogP contribution in [0.1, 0.15) is 11.6 Å². The van der Waals surface area contributed by atoms with E-state index in [1.54, 1.807) is 16.9 Å². The van der Waals surface area contributed by atoms with Crippen molar-refractivity contribution < 1.29 is 0 Å². The van der Waals surface area contributed by atoms with Gasteiger partial charge in [-0.25, -0.2) is 4.68 Å². The Morgan fingerprint density at radius 1 is 1.54 bits per heavy atom. The van der Waals surface area contributed by atoms with Crippen LogP contribution >= 0.6 is 0 Å². The topological polar surface area (TPSA) is 38.1 Å². The lowest BCUT2D eigenvalue weighted by molar-refractivity contribution is 0.126. The van der Waals surface area contributed by atoms with E-state index in [-0.39, 0.29) is 11.6 Å². The van der Waals surface area contributed by atoms with E-state index in [1.165, 1.54) is 0 Å². The second kappa shape index (κ2) is 2.96. The lowest BCUT2D eigenvalue weighted by Crippen LogP contribution is -2.48. The van der Waals surface area contributed by atoms with Crippen LogP contribution in [-0.4, -0.2) is 34.8 Å². The van der Waals surface area contributed by atoms with Crippen molar-refractivity contribution in [3.8, 4) is 0 Å². The van der Waals surface area contributed by atoms with Crippen molar-refractivity contribution in [2.45, 2.75) is 13.0 Å². The maximum Gasteiger partial charge on any atom is 0.267 e. The summed E-state index contributed by atoms with van der Waals surface area (Å²) in [4.78, 5) is 13.6. The highest BCUT2D eigenvalue weighted by molar-refractivity contribution is 5.03. The number of rotatable bonds is 1. The van der Waals surface area contributed by atoms with Crippen LogP contribution in [0.4, 0.5) is 0 Å². The Kier molecular flexibility index (Phi) is 1.92. The normalized spacial score (nSPS) is 18.6. The number of aromatic nitrogens is 2. The van der Waals surface area contributed by atoms with Crippen molar-refractivity contribution in [2.24, 2.45) is 0 Å². The number of likely N-dealkylation sites (tertiary alicyclic amines) is 1. The van der Waals surface area contributed by atoms with E-state index in [4.69, 9.17) is 0 Å². The monoisotopic (exact) mass is 179 g/mol. The molecule has 0 amide bonds. The summed E-state index contributed by atoms with van der Waals surface area (Å²) in [6.07, 6.45) is 1.74. The molecule has 0 aliphatic carbocycles. The first kappa shape index (κ1) is 8.44. The fraction of sp³-hybridized carbons (Fsp3) is 0.556. The predicted octanol–water partition coefficient (Wildman–Crippen LogP) is 0.0382. The summed E-state index contributed by atoms with van der Waals surface area (Å²) >= 11 is 0. The molecule has 4 nitrogen and oxygen atoms in total. The van der Waals surface area contributed by atoms with E-state index in [1.807, 2.05) is 14.0 Å². The lowest BCUT2D eigenvalue weighted by atomic mass is 10.1. The minimum absolute atomic E-state index is 0.0121. The minimum atomic E-state index is 0.0121. The van der Waals surface area contributed by atoms with Gasteiger partial charge in [0.15, 0.2) is 0 Å². The third-order valence-corrected chi connectivity index (χ3v) is 2.35. The molecule has 1 fully saturated rings. The van der Waals surface area contributed by atoms with E-state index < -0.39 is 0 Å². The van der Waals surface area contributed by atoms with Crippen molar-refractivity contribution in [3.63, 3.8) is 0 Å². The number of nitrogens with zero attached hydrogens (tertiary/aromatic N) is 3. The molecule has 0 N–H and O–H groups in total. The molecule has 0 radical (unpaired) electrons. The zero-order chi connectivity index (χ0) is 9.42. The number of aryl methyl sites for hydroxylation is 1. The zero-order valence-corrected chi connectivity index (χ0v) is 7.90. The average molecular weight is 179 g/mol. The van der Waals surface area contributed by atoms with E-state index in [0.29, 0.717) is 0 Å². The molecule has 0 aromatic carbocycles. The van der Waals surface area contributed by atoms with Gasteiger partial charge in [-0.05, 0) is 19.5 Å². The smallest absolute Gasteiger partial charge is 0.267 e. The SMILES string of the molecule is Cc1cnn(C2CN(C)C2)c(=O)c1. The molecule has 13 heavy (non-hydrogen) atoms. The van der Waals surface area contributed by atoms with Crippen LogP contribution in [0.3, 0.4) is 0 Å². The second-order valence-corrected chi connectivity index (χ2v) is 3.69. The molecule has 2 heterocycles. The van der Waals surface area contributed by atoms with Crippen LogP contribution in [0.5, 0.6) is 0 Å². The molecule has 0 spiro atoms. The van der Waals surface area contributed by atoms with E-state index in [2.05, 4.69) is 10.00 Å². The standard InChI is InChI=1S/C9H13N3O/c1-7-3-9(13)12(10-4-7)8-5-11(2)6-8/h3-4,8H,5-6H2,1-2H3. The number of hydrogen-bond donors (Lipinski definition) is 0. The number of hydrogen-bond acceptors (Lipinski definition) is 3. The molecule has 1 aromatic rings. The van der Waals surface area contributed by atoms with Crippen LogP contribution in [0.25, 0.3) is 0 Å². The van der Waals surface area contributed by atoms with E-state index in [0.717, 1.165) is 18.7 Å². The summed E-state index contributed by atoms with van der Waals surface area (Å²) in [6.45, 7) is 3.73. The Hall–Kier alpha value is -1.16. The second-order valence-electron chi connectivity index (χ2n) is 3.69. The fourth-order valence-electron chi connectivity index (χ4n) is 1.60. The molecule has 4 heteroatoms. The quantitative estimate of drug-likeness (QED) is 0.611. The Labute approximate surface area is 76.8 Å². The highest BCUT2D eigenvalue weighted by Gasteiger charge is 2.26. The first-order valence-corrected chi connectivity index (χ1v) is 4.41. The number of likely N-dealkylation sites (N-methyl/N-ethyl adjacent to an activating group) is 1. The zero-order valence-electron chi connectivity index (χ0n) is 7.90. The summed E-state index contributed by atoms with van der Waals surface area (Å²) < 4.78 is 1.58. The molecule has 1 aliphatic heterocycles. The summed E-state index contributed by atoms with van der Waals surface area (Å²) in [6, 6.07) is 1.91. The van der Waals surface area contributed by atoms with Gasteiger partial charge in [-0.15, -0.1) is 0 Å². The summed E-state index contributed by atoms with van der Waals surface area (Å²) in [7, 11) is 2.04. The van der Waals surface area contributed by atoms with Gasteiger partial charge in [0.25, 0.3) is 5.56 Å². The van der Waals surface area contributed by atoms with Crippen LogP contribution in [0.15, 0.2) is 17.1 Å². The third-order valence-electron chi connectivity index (χ3n) is 2.35. The van der Waals surface area contributed by atoms with Crippen molar-refractivity contribution in [1.82, 2.24) is 14.7 Å². The minimum Gasteiger partial charge on any atom is -0.302 e. The summed E-state index contributed by atoms with van der Waals surface area (Å²) in [5.41, 5.74) is 0.937. The molecule has 0 bridgehead atoms. The maximum atomic E-state index is 11.5.